The van der Waals surface area contributed by atoms with Gasteiger partial charge in [0, 0.05) is 11.4 Å². The number of hydrogen-bond acceptors (Lipinski definition) is 6. The van der Waals surface area contributed by atoms with E-state index in [2.05, 4.69) is 11.4 Å². The van der Waals surface area contributed by atoms with Crippen LogP contribution in [0.1, 0.15) is 35.3 Å². The number of rotatable bonds is 4. The van der Waals surface area contributed by atoms with E-state index in [1.165, 1.54) is 27.8 Å². The summed E-state index contributed by atoms with van der Waals surface area (Å²) < 4.78 is 27.8. The van der Waals surface area contributed by atoms with Gasteiger partial charge in [-0.1, -0.05) is 18.0 Å². The second-order valence-electron chi connectivity index (χ2n) is 6.27. The number of thiophene rings is 2. The van der Waals surface area contributed by atoms with Gasteiger partial charge < -0.3 is 5.32 Å². The highest BCUT2D eigenvalue weighted by molar-refractivity contribution is 7.91. The van der Waals surface area contributed by atoms with Gasteiger partial charge in [0.1, 0.15) is 21.3 Å². The number of piperidine rings is 1. The van der Waals surface area contributed by atoms with E-state index in [1.807, 2.05) is 13.8 Å². The van der Waals surface area contributed by atoms with Crippen molar-refractivity contribution in [2.45, 2.75) is 43.4 Å². The fourth-order valence-electron chi connectivity index (χ4n) is 3.05. The third kappa shape index (κ3) is 3.91. The van der Waals surface area contributed by atoms with Crippen LogP contribution in [0.2, 0.25) is 4.34 Å². The quantitative estimate of drug-likeness (QED) is 0.768. The Kier molecular flexibility index (Phi) is 5.93. The number of nitrogens with zero attached hydrogens (tertiary/aromatic N) is 2. The van der Waals surface area contributed by atoms with Crippen LogP contribution >= 0.6 is 34.3 Å². The molecule has 1 saturated heterocycles. The number of sulfonamides is 1. The molecule has 0 saturated carbocycles. The molecule has 0 unspecified atom stereocenters. The highest BCUT2D eigenvalue weighted by Crippen LogP contribution is 2.34. The normalized spacial score (nSPS) is 18.2. The van der Waals surface area contributed by atoms with Gasteiger partial charge in [-0.05, 0) is 44.4 Å². The lowest BCUT2D eigenvalue weighted by atomic mass is 10.0. The Balaban J connectivity index is 1.89. The molecule has 2 aromatic heterocycles. The van der Waals surface area contributed by atoms with E-state index in [-0.39, 0.29) is 10.8 Å². The van der Waals surface area contributed by atoms with Crippen molar-refractivity contribution in [3.05, 3.63) is 32.5 Å². The molecule has 1 atom stereocenters. The summed E-state index contributed by atoms with van der Waals surface area (Å²) in [6.45, 7) is 4.00. The zero-order valence-corrected chi connectivity index (χ0v) is 18.0. The standard InChI is InChI=1S/C17H18ClN3O3S3/c1-10-11(2)25-17(12(10)9-19)20-16(22)13-5-3-4-8-21(13)27(23,24)15-7-6-14(18)26-15/h6-7,13H,3-5,8H2,1-2H3,(H,20,22)/t13-/m0/s1. The number of carbonyl (C=O) groups is 1. The minimum Gasteiger partial charge on any atom is -0.315 e. The van der Waals surface area contributed by atoms with Crippen molar-refractivity contribution >= 4 is 55.2 Å². The van der Waals surface area contributed by atoms with Gasteiger partial charge >= 0.3 is 0 Å². The van der Waals surface area contributed by atoms with Gasteiger partial charge in [-0.3, -0.25) is 4.79 Å². The van der Waals surface area contributed by atoms with Crippen molar-refractivity contribution in [3.63, 3.8) is 0 Å². The van der Waals surface area contributed by atoms with Crippen molar-refractivity contribution in [3.8, 4) is 6.07 Å². The molecule has 2 aromatic rings. The Labute approximate surface area is 171 Å². The van der Waals surface area contributed by atoms with Crippen molar-refractivity contribution in [1.29, 1.82) is 5.26 Å². The smallest absolute Gasteiger partial charge is 0.253 e. The molecule has 0 aromatic carbocycles. The van der Waals surface area contributed by atoms with E-state index >= 15 is 0 Å². The molecule has 0 aliphatic carbocycles. The average molecular weight is 444 g/mol. The first-order valence-electron chi connectivity index (χ1n) is 8.34. The number of anilines is 1. The molecule has 1 amide bonds. The maximum Gasteiger partial charge on any atom is 0.253 e. The second-order valence-corrected chi connectivity index (χ2v) is 11.3. The molecule has 3 rings (SSSR count). The van der Waals surface area contributed by atoms with Crippen molar-refractivity contribution < 1.29 is 13.2 Å². The zero-order valence-electron chi connectivity index (χ0n) is 14.8. The second kappa shape index (κ2) is 7.89. The molecule has 144 valence electrons. The Morgan fingerprint density at radius 3 is 2.70 bits per heavy atom. The summed E-state index contributed by atoms with van der Waals surface area (Å²) in [5.74, 6) is -0.404. The molecule has 1 N–H and O–H groups in total. The molecule has 0 radical (unpaired) electrons. The summed E-state index contributed by atoms with van der Waals surface area (Å²) in [5.41, 5.74) is 1.26. The van der Waals surface area contributed by atoms with Crippen LogP contribution in [0.25, 0.3) is 0 Å². The van der Waals surface area contributed by atoms with E-state index in [0.717, 1.165) is 28.2 Å². The minimum absolute atomic E-state index is 0.132. The summed E-state index contributed by atoms with van der Waals surface area (Å²) in [6, 6.07) is 4.31. The lowest BCUT2D eigenvalue weighted by Crippen LogP contribution is -2.49. The lowest BCUT2D eigenvalue weighted by molar-refractivity contribution is -0.120. The Hall–Kier alpha value is -1.44. The monoisotopic (exact) mass is 443 g/mol. The summed E-state index contributed by atoms with van der Waals surface area (Å²) in [6.07, 6.45) is 1.90. The Morgan fingerprint density at radius 1 is 1.33 bits per heavy atom. The molecule has 6 nitrogen and oxygen atoms in total. The first-order valence-corrected chi connectivity index (χ1v) is 11.8. The maximum absolute atomic E-state index is 13.0. The Morgan fingerprint density at radius 2 is 2.07 bits per heavy atom. The molecule has 0 bridgehead atoms. The third-order valence-corrected chi connectivity index (χ3v) is 9.33. The molecular formula is C17H18ClN3O3S3. The van der Waals surface area contributed by atoms with E-state index < -0.39 is 22.0 Å². The predicted octanol–water partition coefficient (Wildman–Crippen LogP) is 4.13. The van der Waals surface area contributed by atoms with Gasteiger partial charge in [-0.15, -0.1) is 22.7 Å². The van der Waals surface area contributed by atoms with Crippen LogP contribution in [0.3, 0.4) is 0 Å². The number of nitrogens with one attached hydrogen (secondary N) is 1. The van der Waals surface area contributed by atoms with E-state index in [0.29, 0.717) is 27.7 Å². The largest absolute Gasteiger partial charge is 0.315 e. The highest BCUT2D eigenvalue weighted by atomic mass is 35.5. The molecular weight excluding hydrogens is 426 g/mol. The molecule has 1 fully saturated rings. The molecule has 1 aliphatic rings. The topological polar surface area (TPSA) is 90.3 Å². The minimum atomic E-state index is -3.80. The molecule has 10 heteroatoms. The van der Waals surface area contributed by atoms with Crippen LogP contribution in [0.15, 0.2) is 16.3 Å². The maximum atomic E-state index is 13.0. The van der Waals surface area contributed by atoms with Gasteiger partial charge in [0.05, 0.1) is 9.90 Å². The van der Waals surface area contributed by atoms with Crippen molar-refractivity contribution in [1.82, 2.24) is 4.31 Å². The Bertz CT molecular complexity index is 1020. The van der Waals surface area contributed by atoms with Crippen LogP contribution < -0.4 is 5.32 Å². The van der Waals surface area contributed by atoms with Gasteiger partial charge in [0.25, 0.3) is 10.0 Å². The first kappa shape index (κ1) is 20.3. The molecule has 1 aliphatic heterocycles. The lowest BCUT2D eigenvalue weighted by Gasteiger charge is -2.33. The van der Waals surface area contributed by atoms with Crippen LogP contribution in [0.4, 0.5) is 5.00 Å². The zero-order chi connectivity index (χ0) is 19.8. The number of halogens is 1. The third-order valence-electron chi connectivity index (χ3n) is 4.60. The van der Waals surface area contributed by atoms with Crippen LogP contribution in [0.5, 0.6) is 0 Å². The summed E-state index contributed by atoms with van der Waals surface area (Å²) >= 11 is 8.20. The number of hydrogen-bond donors (Lipinski definition) is 1. The average Bonchev–Trinajstić information content (AvgIpc) is 3.19. The highest BCUT2D eigenvalue weighted by Gasteiger charge is 2.38. The van der Waals surface area contributed by atoms with Crippen molar-refractivity contribution in [2.75, 3.05) is 11.9 Å². The van der Waals surface area contributed by atoms with Gasteiger partial charge in [0.15, 0.2) is 0 Å². The summed E-state index contributed by atoms with van der Waals surface area (Å²) in [7, 11) is -3.80. The molecule has 3 heterocycles. The fourth-order valence-corrected chi connectivity index (χ4v) is 7.33. The molecule has 27 heavy (non-hydrogen) atoms. The van der Waals surface area contributed by atoms with Crippen LogP contribution in [0, 0.1) is 25.2 Å². The fraction of sp³-hybridized carbons (Fsp3) is 0.412. The van der Waals surface area contributed by atoms with Gasteiger partial charge in [-0.25, -0.2) is 8.42 Å². The van der Waals surface area contributed by atoms with Crippen molar-refractivity contribution in [2.24, 2.45) is 0 Å². The number of amides is 1. The number of nitriles is 1. The van der Waals surface area contributed by atoms with Gasteiger partial charge in [-0.2, -0.15) is 9.57 Å². The molecule has 0 spiro atoms. The number of carbonyl (C=O) groups excluding carboxylic acids is 1. The van der Waals surface area contributed by atoms with Crippen LogP contribution in [-0.4, -0.2) is 31.2 Å². The van der Waals surface area contributed by atoms with Gasteiger partial charge in [0.2, 0.25) is 5.91 Å². The van der Waals surface area contributed by atoms with E-state index in [4.69, 9.17) is 11.6 Å². The summed E-state index contributed by atoms with van der Waals surface area (Å²) in [5, 5.41) is 12.6. The summed E-state index contributed by atoms with van der Waals surface area (Å²) in [4.78, 5) is 13.9. The van der Waals surface area contributed by atoms with E-state index in [1.54, 1.807) is 0 Å². The predicted molar refractivity (Wildman–Crippen MR) is 108 cm³/mol. The van der Waals surface area contributed by atoms with E-state index in [9.17, 15) is 18.5 Å². The first-order chi connectivity index (χ1) is 12.8. The number of aryl methyl sites for hydroxylation is 1. The SMILES string of the molecule is Cc1sc(NC(=O)[C@@H]2CCCCN2S(=O)(=O)c2ccc(Cl)s2)c(C#N)c1C. The van der Waals surface area contributed by atoms with Crippen LogP contribution in [-0.2, 0) is 14.8 Å².